The zero-order chi connectivity index (χ0) is 15.1. The molecule has 5 heteroatoms. The second-order valence-electron chi connectivity index (χ2n) is 5.40. The van der Waals surface area contributed by atoms with E-state index in [1.807, 2.05) is 6.07 Å². The van der Waals surface area contributed by atoms with Gasteiger partial charge in [0, 0.05) is 37.9 Å². The quantitative estimate of drug-likeness (QED) is 0.876. The van der Waals surface area contributed by atoms with E-state index in [4.69, 9.17) is 4.74 Å². The Morgan fingerprint density at radius 3 is 2.52 bits per heavy atom. The van der Waals surface area contributed by atoms with Crippen molar-refractivity contribution >= 4 is 23.2 Å². The largest absolute Gasteiger partial charge is 0.381 e. The molecule has 1 saturated heterocycles. The molecule has 1 heterocycles. The molecule has 2 N–H and O–H groups in total. The molecule has 1 aromatic rings. The predicted molar refractivity (Wildman–Crippen MR) is 82.2 cm³/mol. The molecule has 0 aliphatic carbocycles. The van der Waals surface area contributed by atoms with Crippen LogP contribution in [0, 0.1) is 5.92 Å². The van der Waals surface area contributed by atoms with Crippen molar-refractivity contribution in [3.05, 3.63) is 24.3 Å². The van der Waals surface area contributed by atoms with E-state index in [2.05, 4.69) is 10.6 Å². The second-order valence-corrected chi connectivity index (χ2v) is 5.40. The third-order valence-electron chi connectivity index (χ3n) is 3.59. The average molecular weight is 290 g/mol. The van der Waals surface area contributed by atoms with Gasteiger partial charge in [0.2, 0.25) is 11.8 Å². The standard InChI is InChI=1S/C16H22N2O3/c1-12(19)17-14-3-2-4-15(11-14)18-16(20)6-5-13-7-9-21-10-8-13/h2-4,11,13H,5-10H2,1H3,(H,17,19)(H,18,20). The van der Waals surface area contributed by atoms with Gasteiger partial charge in [0.15, 0.2) is 0 Å². The summed E-state index contributed by atoms with van der Waals surface area (Å²) in [6.07, 6.45) is 3.52. The van der Waals surface area contributed by atoms with Gasteiger partial charge in [0.25, 0.3) is 0 Å². The van der Waals surface area contributed by atoms with Gasteiger partial charge in [-0.15, -0.1) is 0 Å². The topological polar surface area (TPSA) is 67.4 Å². The zero-order valence-electron chi connectivity index (χ0n) is 12.4. The fourth-order valence-corrected chi connectivity index (χ4v) is 2.47. The number of benzene rings is 1. The summed E-state index contributed by atoms with van der Waals surface area (Å²) in [4.78, 5) is 23.0. The van der Waals surface area contributed by atoms with Crippen molar-refractivity contribution in [3.8, 4) is 0 Å². The third-order valence-corrected chi connectivity index (χ3v) is 3.59. The molecule has 2 amide bonds. The SMILES string of the molecule is CC(=O)Nc1cccc(NC(=O)CCC2CCOCC2)c1. The molecule has 2 rings (SSSR count). The summed E-state index contributed by atoms with van der Waals surface area (Å²) in [5.41, 5.74) is 1.39. The highest BCUT2D eigenvalue weighted by molar-refractivity contribution is 5.93. The van der Waals surface area contributed by atoms with Crippen LogP contribution >= 0.6 is 0 Å². The Labute approximate surface area is 125 Å². The molecule has 21 heavy (non-hydrogen) atoms. The minimum atomic E-state index is -0.127. The first-order valence-electron chi connectivity index (χ1n) is 7.39. The van der Waals surface area contributed by atoms with Crippen LogP contribution in [0.3, 0.4) is 0 Å². The third kappa shape index (κ3) is 5.55. The summed E-state index contributed by atoms with van der Waals surface area (Å²) < 4.78 is 5.31. The molecule has 1 aliphatic heterocycles. The highest BCUT2D eigenvalue weighted by atomic mass is 16.5. The summed E-state index contributed by atoms with van der Waals surface area (Å²) in [7, 11) is 0. The number of carbonyl (C=O) groups excluding carboxylic acids is 2. The maximum absolute atomic E-state index is 12.0. The van der Waals surface area contributed by atoms with Crippen LogP contribution in [0.4, 0.5) is 11.4 Å². The van der Waals surface area contributed by atoms with Crippen LogP contribution in [0.25, 0.3) is 0 Å². The second kappa shape index (κ2) is 7.78. The fraction of sp³-hybridized carbons (Fsp3) is 0.500. The van der Waals surface area contributed by atoms with Gasteiger partial charge in [-0.1, -0.05) is 6.07 Å². The van der Waals surface area contributed by atoms with Crippen LogP contribution in [-0.2, 0) is 14.3 Å². The summed E-state index contributed by atoms with van der Waals surface area (Å²) in [6, 6.07) is 7.17. The van der Waals surface area contributed by atoms with Crippen LogP contribution in [0.15, 0.2) is 24.3 Å². The first-order chi connectivity index (χ1) is 10.1. The van der Waals surface area contributed by atoms with Crippen molar-refractivity contribution < 1.29 is 14.3 Å². The minimum Gasteiger partial charge on any atom is -0.381 e. The molecule has 0 spiro atoms. The molecule has 0 aromatic heterocycles. The number of hydrogen-bond acceptors (Lipinski definition) is 3. The van der Waals surface area contributed by atoms with E-state index in [9.17, 15) is 9.59 Å². The highest BCUT2D eigenvalue weighted by Gasteiger charge is 2.15. The van der Waals surface area contributed by atoms with Crippen molar-refractivity contribution in [2.45, 2.75) is 32.6 Å². The molecule has 0 bridgehead atoms. The van der Waals surface area contributed by atoms with Crippen molar-refractivity contribution in [1.29, 1.82) is 0 Å². The lowest BCUT2D eigenvalue weighted by atomic mass is 9.95. The monoisotopic (exact) mass is 290 g/mol. The number of hydrogen-bond donors (Lipinski definition) is 2. The predicted octanol–water partition coefficient (Wildman–Crippen LogP) is 2.79. The van der Waals surface area contributed by atoms with Gasteiger partial charge in [0.05, 0.1) is 0 Å². The molecule has 1 fully saturated rings. The maximum Gasteiger partial charge on any atom is 0.224 e. The lowest BCUT2D eigenvalue weighted by Gasteiger charge is -2.21. The molecule has 0 atom stereocenters. The van der Waals surface area contributed by atoms with E-state index < -0.39 is 0 Å². The van der Waals surface area contributed by atoms with Gasteiger partial charge >= 0.3 is 0 Å². The van der Waals surface area contributed by atoms with E-state index in [0.29, 0.717) is 23.7 Å². The number of rotatable bonds is 5. The molecule has 0 saturated carbocycles. The van der Waals surface area contributed by atoms with Crippen molar-refractivity contribution in [2.75, 3.05) is 23.8 Å². The van der Waals surface area contributed by atoms with Crippen LogP contribution in [0.2, 0.25) is 0 Å². The minimum absolute atomic E-state index is 0.0152. The zero-order valence-corrected chi connectivity index (χ0v) is 12.4. The molecular formula is C16H22N2O3. The van der Waals surface area contributed by atoms with Crippen molar-refractivity contribution in [2.24, 2.45) is 5.92 Å². The summed E-state index contributed by atoms with van der Waals surface area (Å²) in [5.74, 6) is 0.481. The highest BCUT2D eigenvalue weighted by Crippen LogP contribution is 2.21. The lowest BCUT2D eigenvalue weighted by molar-refractivity contribution is -0.116. The van der Waals surface area contributed by atoms with E-state index in [1.54, 1.807) is 18.2 Å². The first-order valence-corrected chi connectivity index (χ1v) is 7.39. The van der Waals surface area contributed by atoms with Crippen molar-refractivity contribution in [1.82, 2.24) is 0 Å². The number of nitrogens with one attached hydrogen (secondary N) is 2. The normalized spacial score (nSPS) is 15.5. The summed E-state index contributed by atoms with van der Waals surface area (Å²) in [5, 5.41) is 5.57. The molecule has 1 aliphatic rings. The number of ether oxygens (including phenoxy) is 1. The van der Waals surface area contributed by atoms with Crippen LogP contribution in [0.1, 0.15) is 32.6 Å². The Kier molecular flexibility index (Phi) is 5.75. The van der Waals surface area contributed by atoms with Crippen LogP contribution < -0.4 is 10.6 Å². The molecule has 1 aromatic carbocycles. The molecule has 0 unspecified atom stereocenters. The average Bonchev–Trinajstić information content (AvgIpc) is 2.46. The molecular weight excluding hydrogens is 268 g/mol. The van der Waals surface area contributed by atoms with Gasteiger partial charge in [-0.25, -0.2) is 0 Å². The Bertz CT molecular complexity index is 496. The van der Waals surface area contributed by atoms with E-state index >= 15 is 0 Å². The van der Waals surface area contributed by atoms with Gasteiger partial charge < -0.3 is 15.4 Å². The Morgan fingerprint density at radius 2 is 1.86 bits per heavy atom. The van der Waals surface area contributed by atoms with E-state index in [-0.39, 0.29) is 11.8 Å². The van der Waals surface area contributed by atoms with Gasteiger partial charge in [0.1, 0.15) is 0 Å². The maximum atomic E-state index is 12.0. The molecule has 5 nitrogen and oxygen atoms in total. The van der Waals surface area contributed by atoms with Crippen LogP contribution in [-0.4, -0.2) is 25.0 Å². The van der Waals surface area contributed by atoms with Gasteiger partial charge in [-0.05, 0) is 43.4 Å². The smallest absolute Gasteiger partial charge is 0.224 e. The summed E-state index contributed by atoms with van der Waals surface area (Å²) >= 11 is 0. The Hall–Kier alpha value is -1.88. The molecule has 0 radical (unpaired) electrons. The summed E-state index contributed by atoms with van der Waals surface area (Å²) in [6.45, 7) is 3.08. The van der Waals surface area contributed by atoms with Crippen molar-refractivity contribution in [3.63, 3.8) is 0 Å². The Balaban J connectivity index is 1.80. The van der Waals surface area contributed by atoms with E-state index in [0.717, 1.165) is 32.5 Å². The number of amides is 2. The number of carbonyl (C=O) groups is 2. The van der Waals surface area contributed by atoms with Gasteiger partial charge in [-0.3, -0.25) is 9.59 Å². The van der Waals surface area contributed by atoms with Gasteiger partial charge in [-0.2, -0.15) is 0 Å². The number of anilines is 2. The van der Waals surface area contributed by atoms with Crippen LogP contribution in [0.5, 0.6) is 0 Å². The lowest BCUT2D eigenvalue weighted by Crippen LogP contribution is -2.18. The van der Waals surface area contributed by atoms with E-state index in [1.165, 1.54) is 6.92 Å². The Morgan fingerprint density at radius 1 is 1.19 bits per heavy atom. The molecule has 114 valence electrons. The first kappa shape index (κ1) is 15.5. The fourth-order valence-electron chi connectivity index (χ4n) is 2.47.